The fourth-order valence-electron chi connectivity index (χ4n) is 3.35. The molecule has 0 aromatic heterocycles. The highest BCUT2D eigenvalue weighted by Crippen LogP contribution is 2.37. The van der Waals surface area contributed by atoms with Crippen molar-refractivity contribution >= 4 is 24.3 Å². The van der Waals surface area contributed by atoms with Crippen LogP contribution in [0.5, 0.6) is 0 Å². The zero-order valence-corrected chi connectivity index (χ0v) is 14.4. The Morgan fingerprint density at radius 3 is 2.68 bits per heavy atom. The SMILES string of the molecule is CN=CC(C=N)C1C(C(=O)O)c2ccc(F)cc2C(=O)N1CC(C)C. The van der Waals surface area contributed by atoms with Crippen LogP contribution in [0.15, 0.2) is 23.2 Å². The molecule has 0 aliphatic carbocycles. The van der Waals surface area contributed by atoms with Gasteiger partial charge < -0.3 is 20.4 Å². The minimum atomic E-state index is -1.12. The number of hydrogen-bond acceptors (Lipinski definition) is 4. The summed E-state index contributed by atoms with van der Waals surface area (Å²) in [5.74, 6) is -3.74. The molecule has 1 heterocycles. The molecule has 1 aliphatic heterocycles. The van der Waals surface area contributed by atoms with Gasteiger partial charge >= 0.3 is 5.97 Å². The van der Waals surface area contributed by atoms with E-state index in [2.05, 4.69) is 4.99 Å². The maximum absolute atomic E-state index is 13.7. The molecule has 0 radical (unpaired) electrons. The van der Waals surface area contributed by atoms with Crippen LogP contribution in [0.1, 0.15) is 35.7 Å². The Bertz CT molecular complexity index is 718. The highest BCUT2D eigenvalue weighted by atomic mass is 19.1. The van der Waals surface area contributed by atoms with Crippen LogP contribution in [-0.2, 0) is 4.79 Å². The van der Waals surface area contributed by atoms with Crippen molar-refractivity contribution in [1.82, 2.24) is 4.90 Å². The predicted octanol–water partition coefficient (Wildman–Crippen LogP) is 2.44. The molecule has 1 aliphatic rings. The molecule has 2 rings (SSSR count). The monoisotopic (exact) mass is 347 g/mol. The third kappa shape index (κ3) is 3.60. The molecule has 0 bridgehead atoms. The number of fused-ring (bicyclic) bond motifs is 1. The molecule has 0 fully saturated rings. The summed E-state index contributed by atoms with van der Waals surface area (Å²) >= 11 is 0. The van der Waals surface area contributed by atoms with Crippen molar-refractivity contribution in [3.63, 3.8) is 0 Å². The Labute approximate surface area is 145 Å². The van der Waals surface area contributed by atoms with Crippen molar-refractivity contribution in [2.24, 2.45) is 16.8 Å². The van der Waals surface area contributed by atoms with Gasteiger partial charge in [-0.3, -0.25) is 9.59 Å². The Morgan fingerprint density at radius 1 is 1.48 bits per heavy atom. The van der Waals surface area contributed by atoms with Gasteiger partial charge in [-0.25, -0.2) is 4.39 Å². The second-order valence-electron chi connectivity index (χ2n) is 6.54. The fraction of sp³-hybridized carbons (Fsp3) is 0.444. The third-order valence-electron chi connectivity index (χ3n) is 4.28. The number of rotatable bonds is 6. The lowest BCUT2D eigenvalue weighted by Crippen LogP contribution is -2.55. The van der Waals surface area contributed by atoms with E-state index >= 15 is 0 Å². The van der Waals surface area contributed by atoms with E-state index < -0.39 is 35.6 Å². The molecule has 0 saturated carbocycles. The van der Waals surface area contributed by atoms with E-state index in [0.717, 1.165) is 18.3 Å². The summed E-state index contributed by atoms with van der Waals surface area (Å²) in [5, 5.41) is 17.5. The zero-order valence-electron chi connectivity index (χ0n) is 14.4. The second-order valence-corrected chi connectivity index (χ2v) is 6.54. The largest absolute Gasteiger partial charge is 0.481 e. The van der Waals surface area contributed by atoms with Crippen LogP contribution in [0, 0.1) is 23.1 Å². The number of carboxylic acid groups (broad SMARTS) is 1. The first kappa shape index (κ1) is 18.8. The second kappa shape index (κ2) is 7.55. The van der Waals surface area contributed by atoms with Gasteiger partial charge in [0.2, 0.25) is 0 Å². The number of hydrogen-bond donors (Lipinski definition) is 2. The first-order valence-electron chi connectivity index (χ1n) is 8.07. The molecule has 1 aromatic carbocycles. The van der Waals surface area contributed by atoms with Gasteiger partial charge in [0.05, 0.1) is 12.0 Å². The molecule has 1 aromatic rings. The number of benzene rings is 1. The first-order chi connectivity index (χ1) is 11.8. The van der Waals surface area contributed by atoms with Gasteiger partial charge in [0.15, 0.2) is 0 Å². The third-order valence-corrected chi connectivity index (χ3v) is 4.28. The van der Waals surface area contributed by atoms with Crippen molar-refractivity contribution in [2.75, 3.05) is 13.6 Å². The standard InChI is InChI=1S/C18H22FN3O3/c1-10(2)9-22-16(11(7-20)8-21-3)15(18(24)25)13-5-4-12(19)6-14(13)17(22)23/h4-8,10-11,15-16,20H,9H2,1-3H3,(H,24,25). The average molecular weight is 347 g/mol. The molecular formula is C18H22FN3O3. The van der Waals surface area contributed by atoms with Crippen LogP contribution < -0.4 is 0 Å². The molecule has 7 heteroatoms. The zero-order chi connectivity index (χ0) is 18.7. The van der Waals surface area contributed by atoms with E-state index in [1.165, 1.54) is 24.2 Å². The highest BCUT2D eigenvalue weighted by Gasteiger charge is 2.46. The van der Waals surface area contributed by atoms with Gasteiger partial charge in [0.25, 0.3) is 5.91 Å². The van der Waals surface area contributed by atoms with Crippen molar-refractivity contribution in [2.45, 2.75) is 25.8 Å². The number of nitrogens with one attached hydrogen (secondary N) is 1. The predicted molar refractivity (Wildman–Crippen MR) is 93.1 cm³/mol. The lowest BCUT2D eigenvalue weighted by atomic mass is 9.77. The normalized spacial score (nSPS) is 21.5. The first-order valence-corrected chi connectivity index (χ1v) is 8.07. The highest BCUT2D eigenvalue weighted by molar-refractivity contribution is 6.01. The Kier molecular flexibility index (Phi) is 5.66. The van der Waals surface area contributed by atoms with Crippen LogP contribution >= 0.6 is 0 Å². The summed E-state index contributed by atoms with van der Waals surface area (Å²) in [4.78, 5) is 30.3. The van der Waals surface area contributed by atoms with E-state index in [9.17, 15) is 19.1 Å². The number of carbonyl (C=O) groups excluding carboxylic acids is 1. The Hall–Kier alpha value is -2.57. The van der Waals surface area contributed by atoms with E-state index in [-0.39, 0.29) is 17.0 Å². The topological polar surface area (TPSA) is 93.8 Å². The van der Waals surface area contributed by atoms with Crippen LogP contribution in [-0.4, -0.2) is 53.9 Å². The van der Waals surface area contributed by atoms with E-state index in [4.69, 9.17) is 5.41 Å². The van der Waals surface area contributed by atoms with Crippen molar-refractivity contribution in [3.05, 3.63) is 35.1 Å². The quantitative estimate of drug-likeness (QED) is 0.774. The summed E-state index contributed by atoms with van der Waals surface area (Å²) in [6.45, 7) is 4.13. The molecule has 6 nitrogen and oxygen atoms in total. The van der Waals surface area contributed by atoms with Crippen molar-refractivity contribution in [3.8, 4) is 0 Å². The summed E-state index contributed by atoms with van der Waals surface area (Å²) in [6.07, 6.45) is 2.57. The number of carbonyl (C=O) groups is 2. The maximum atomic E-state index is 13.7. The van der Waals surface area contributed by atoms with Crippen LogP contribution in [0.25, 0.3) is 0 Å². The summed E-state index contributed by atoms with van der Waals surface area (Å²) in [7, 11) is 1.53. The van der Waals surface area contributed by atoms with E-state index in [1.54, 1.807) is 0 Å². The van der Waals surface area contributed by atoms with E-state index in [0.29, 0.717) is 6.54 Å². The van der Waals surface area contributed by atoms with E-state index in [1.807, 2.05) is 13.8 Å². The van der Waals surface area contributed by atoms with Gasteiger partial charge in [-0.1, -0.05) is 19.9 Å². The molecule has 25 heavy (non-hydrogen) atoms. The average Bonchev–Trinajstić information content (AvgIpc) is 2.54. The van der Waals surface area contributed by atoms with Gasteiger partial charge in [-0.05, 0) is 23.6 Å². The molecular weight excluding hydrogens is 325 g/mol. The van der Waals surface area contributed by atoms with Crippen LogP contribution in [0.3, 0.4) is 0 Å². The Balaban J connectivity index is 2.69. The van der Waals surface area contributed by atoms with Gasteiger partial charge in [0, 0.05) is 31.6 Å². The Morgan fingerprint density at radius 2 is 2.16 bits per heavy atom. The van der Waals surface area contributed by atoms with Crippen molar-refractivity contribution in [1.29, 1.82) is 5.41 Å². The number of amides is 1. The molecule has 134 valence electrons. The van der Waals surface area contributed by atoms with Gasteiger partial charge in [-0.15, -0.1) is 0 Å². The molecule has 3 unspecified atom stereocenters. The minimum absolute atomic E-state index is 0.0708. The molecule has 0 spiro atoms. The van der Waals surface area contributed by atoms with Crippen molar-refractivity contribution < 1.29 is 19.1 Å². The number of nitrogens with zero attached hydrogens (tertiary/aromatic N) is 2. The lowest BCUT2D eigenvalue weighted by Gasteiger charge is -2.43. The van der Waals surface area contributed by atoms with Crippen LogP contribution in [0.4, 0.5) is 4.39 Å². The summed E-state index contributed by atoms with van der Waals surface area (Å²) < 4.78 is 13.7. The summed E-state index contributed by atoms with van der Waals surface area (Å²) in [6, 6.07) is 2.81. The maximum Gasteiger partial charge on any atom is 0.313 e. The van der Waals surface area contributed by atoms with Crippen LogP contribution in [0.2, 0.25) is 0 Å². The number of aliphatic carboxylic acids is 1. The number of carboxylic acids is 1. The fourth-order valence-corrected chi connectivity index (χ4v) is 3.35. The molecule has 3 atom stereocenters. The lowest BCUT2D eigenvalue weighted by molar-refractivity contribution is -0.140. The number of halogens is 1. The number of aliphatic imine (C=N–C) groups is 1. The molecule has 2 N–H and O–H groups in total. The molecule has 1 amide bonds. The molecule has 0 saturated heterocycles. The summed E-state index contributed by atoms with van der Waals surface area (Å²) in [5.41, 5.74) is 0.349. The van der Waals surface area contributed by atoms with Gasteiger partial charge in [-0.2, -0.15) is 0 Å². The van der Waals surface area contributed by atoms with Gasteiger partial charge in [0.1, 0.15) is 11.7 Å². The minimum Gasteiger partial charge on any atom is -0.481 e. The smallest absolute Gasteiger partial charge is 0.313 e.